The summed E-state index contributed by atoms with van der Waals surface area (Å²) in [5.74, 6) is 0.696. The molecule has 4 heteroatoms. The van der Waals surface area contributed by atoms with Gasteiger partial charge in [-0.1, -0.05) is 13.0 Å². The van der Waals surface area contributed by atoms with E-state index in [4.69, 9.17) is 5.73 Å². The number of nitrogens with zero attached hydrogens (tertiary/aromatic N) is 1. The minimum absolute atomic E-state index is 0.104. The highest BCUT2D eigenvalue weighted by molar-refractivity contribution is 6.02. The maximum absolute atomic E-state index is 11.6. The zero-order valence-corrected chi connectivity index (χ0v) is 11.5. The molecule has 1 aromatic rings. The van der Waals surface area contributed by atoms with Crippen molar-refractivity contribution in [3.8, 4) is 0 Å². The van der Waals surface area contributed by atoms with E-state index in [1.165, 1.54) is 18.5 Å². The highest BCUT2D eigenvalue weighted by Crippen LogP contribution is 2.35. The molecule has 0 bridgehead atoms. The van der Waals surface area contributed by atoms with Crippen LogP contribution in [0, 0.1) is 5.92 Å². The molecular weight excluding hydrogens is 238 g/mol. The Morgan fingerprint density at radius 2 is 2.16 bits per heavy atom. The molecule has 0 spiro atoms. The summed E-state index contributed by atoms with van der Waals surface area (Å²) in [6, 6.07) is 6.17. The molecule has 1 saturated heterocycles. The molecule has 2 aliphatic heterocycles. The molecule has 1 amide bonds. The van der Waals surface area contributed by atoms with Gasteiger partial charge in [0.15, 0.2) is 0 Å². The van der Waals surface area contributed by atoms with Crippen LogP contribution in [0.5, 0.6) is 0 Å². The number of amides is 1. The molecule has 3 unspecified atom stereocenters. The number of piperidine rings is 1. The number of hydrogen-bond donors (Lipinski definition) is 2. The first kappa shape index (κ1) is 12.5. The van der Waals surface area contributed by atoms with Crippen LogP contribution < -0.4 is 16.0 Å². The Labute approximate surface area is 114 Å². The predicted octanol–water partition coefficient (Wildman–Crippen LogP) is 2.26. The van der Waals surface area contributed by atoms with Crippen molar-refractivity contribution in [2.75, 3.05) is 16.8 Å². The lowest BCUT2D eigenvalue weighted by atomic mass is 9.93. The molecule has 2 aliphatic rings. The van der Waals surface area contributed by atoms with E-state index in [0.717, 1.165) is 23.7 Å². The number of nitrogens with one attached hydrogen (secondary N) is 1. The number of hydrogen-bond acceptors (Lipinski definition) is 3. The zero-order valence-electron chi connectivity index (χ0n) is 11.5. The van der Waals surface area contributed by atoms with Crippen LogP contribution in [-0.4, -0.2) is 18.5 Å². The third-order valence-electron chi connectivity index (χ3n) is 4.38. The summed E-state index contributed by atoms with van der Waals surface area (Å²) in [6.07, 6.45) is 2.45. The summed E-state index contributed by atoms with van der Waals surface area (Å²) < 4.78 is 0. The first-order valence-electron chi connectivity index (χ1n) is 7.03. The van der Waals surface area contributed by atoms with Gasteiger partial charge in [0, 0.05) is 29.5 Å². The Bertz CT molecular complexity index is 514. The Kier molecular flexibility index (Phi) is 2.97. The van der Waals surface area contributed by atoms with Gasteiger partial charge >= 0.3 is 0 Å². The van der Waals surface area contributed by atoms with E-state index >= 15 is 0 Å². The van der Waals surface area contributed by atoms with Gasteiger partial charge in [-0.15, -0.1) is 0 Å². The van der Waals surface area contributed by atoms with Crippen molar-refractivity contribution in [1.29, 1.82) is 0 Å². The third kappa shape index (κ3) is 2.10. The molecule has 4 nitrogen and oxygen atoms in total. The molecule has 19 heavy (non-hydrogen) atoms. The van der Waals surface area contributed by atoms with Gasteiger partial charge in [0.1, 0.15) is 6.04 Å². The van der Waals surface area contributed by atoms with Crippen LogP contribution in [0.1, 0.15) is 38.3 Å². The third-order valence-corrected chi connectivity index (χ3v) is 4.38. The average Bonchev–Trinajstić information content (AvgIpc) is 2.64. The van der Waals surface area contributed by atoms with Crippen molar-refractivity contribution in [1.82, 2.24) is 0 Å². The first-order chi connectivity index (χ1) is 9.06. The Hall–Kier alpha value is -1.55. The van der Waals surface area contributed by atoms with Crippen LogP contribution in [0.25, 0.3) is 0 Å². The molecule has 0 radical (unpaired) electrons. The maximum atomic E-state index is 11.6. The van der Waals surface area contributed by atoms with E-state index in [1.807, 2.05) is 6.07 Å². The first-order valence-corrected chi connectivity index (χ1v) is 7.03. The van der Waals surface area contributed by atoms with Gasteiger partial charge in [0.2, 0.25) is 5.91 Å². The lowest BCUT2D eigenvalue weighted by Crippen LogP contribution is -2.40. The summed E-state index contributed by atoms with van der Waals surface area (Å²) in [7, 11) is 0. The summed E-state index contributed by atoms with van der Waals surface area (Å²) in [6.45, 7) is 5.67. The van der Waals surface area contributed by atoms with Gasteiger partial charge in [-0.3, -0.25) is 4.79 Å². The van der Waals surface area contributed by atoms with E-state index in [2.05, 4.69) is 36.2 Å². The topological polar surface area (TPSA) is 58.4 Å². The lowest BCUT2D eigenvalue weighted by Gasteiger charge is -2.38. The number of benzene rings is 1. The fourth-order valence-electron chi connectivity index (χ4n) is 3.24. The smallest absolute Gasteiger partial charge is 0.245 e. The SMILES string of the molecule is CC1CCN(c2ccc3c(c2)NC(=O)C3N)C(C)C1. The van der Waals surface area contributed by atoms with Gasteiger partial charge in [0.05, 0.1) is 0 Å². The molecule has 2 heterocycles. The fraction of sp³-hybridized carbons (Fsp3) is 0.533. The normalized spacial score (nSPS) is 30.2. The molecule has 1 fully saturated rings. The minimum Gasteiger partial charge on any atom is -0.369 e. The van der Waals surface area contributed by atoms with Gasteiger partial charge in [-0.2, -0.15) is 0 Å². The largest absolute Gasteiger partial charge is 0.369 e. The van der Waals surface area contributed by atoms with Crippen molar-refractivity contribution >= 4 is 17.3 Å². The van der Waals surface area contributed by atoms with Crippen LogP contribution >= 0.6 is 0 Å². The van der Waals surface area contributed by atoms with Crippen LogP contribution in [-0.2, 0) is 4.79 Å². The van der Waals surface area contributed by atoms with Crippen LogP contribution in [0.2, 0.25) is 0 Å². The summed E-state index contributed by atoms with van der Waals surface area (Å²) in [5.41, 5.74) is 8.81. The number of nitrogens with two attached hydrogens (primary N) is 1. The summed E-state index contributed by atoms with van der Waals surface area (Å²) in [4.78, 5) is 14.0. The molecule has 3 rings (SSSR count). The van der Waals surface area contributed by atoms with Crippen molar-refractivity contribution in [2.45, 2.75) is 38.8 Å². The molecule has 0 saturated carbocycles. The maximum Gasteiger partial charge on any atom is 0.245 e. The number of carbonyl (C=O) groups excluding carboxylic acids is 1. The second kappa shape index (κ2) is 4.53. The van der Waals surface area contributed by atoms with Gasteiger partial charge in [-0.25, -0.2) is 0 Å². The van der Waals surface area contributed by atoms with E-state index in [9.17, 15) is 4.79 Å². The van der Waals surface area contributed by atoms with Crippen molar-refractivity contribution < 1.29 is 4.79 Å². The Morgan fingerprint density at radius 3 is 2.89 bits per heavy atom. The van der Waals surface area contributed by atoms with Crippen molar-refractivity contribution in [3.05, 3.63) is 23.8 Å². The van der Waals surface area contributed by atoms with E-state index in [0.29, 0.717) is 6.04 Å². The molecule has 0 aromatic heterocycles. The average molecular weight is 259 g/mol. The number of carbonyl (C=O) groups is 1. The standard InChI is InChI=1S/C15H21N3O/c1-9-5-6-18(10(2)7-9)11-3-4-12-13(8-11)17-15(19)14(12)16/h3-4,8-10,14H,5-7,16H2,1-2H3,(H,17,19). The second-order valence-electron chi connectivity index (χ2n) is 5.91. The Balaban J connectivity index is 1.87. The highest BCUT2D eigenvalue weighted by atomic mass is 16.2. The molecule has 1 aromatic carbocycles. The number of anilines is 2. The van der Waals surface area contributed by atoms with Gasteiger partial charge in [-0.05, 0) is 37.8 Å². The van der Waals surface area contributed by atoms with E-state index in [1.54, 1.807) is 0 Å². The number of rotatable bonds is 1. The molecule has 0 aliphatic carbocycles. The summed E-state index contributed by atoms with van der Waals surface area (Å²) in [5, 5.41) is 2.86. The van der Waals surface area contributed by atoms with Crippen molar-refractivity contribution in [2.24, 2.45) is 11.7 Å². The van der Waals surface area contributed by atoms with Crippen LogP contribution in [0.15, 0.2) is 18.2 Å². The molecule has 3 N–H and O–H groups in total. The second-order valence-corrected chi connectivity index (χ2v) is 5.91. The zero-order chi connectivity index (χ0) is 13.6. The monoisotopic (exact) mass is 259 g/mol. The molecular formula is C15H21N3O. The van der Waals surface area contributed by atoms with Crippen molar-refractivity contribution in [3.63, 3.8) is 0 Å². The van der Waals surface area contributed by atoms with Gasteiger partial charge in [0.25, 0.3) is 0 Å². The minimum atomic E-state index is -0.511. The Morgan fingerprint density at radius 1 is 1.37 bits per heavy atom. The van der Waals surface area contributed by atoms with E-state index in [-0.39, 0.29) is 5.91 Å². The fourth-order valence-corrected chi connectivity index (χ4v) is 3.24. The quantitative estimate of drug-likeness (QED) is 0.813. The van der Waals surface area contributed by atoms with Crippen LogP contribution in [0.3, 0.4) is 0 Å². The lowest BCUT2D eigenvalue weighted by molar-refractivity contribution is -0.116. The molecule has 102 valence electrons. The molecule has 3 atom stereocenters. The van der Waals surface area contributed by atoms with E-state index < -0.39 is 6.04 Å². The highest BCUT2D eigenvalue weighted by Gasteiger charge is 2.29. The summed E-state index contributed by atoms with van der Waals surface area (Å²) >= 11 is 0. The van der Waals surface area contributed by atoms with Gasteiger partial charge < -0.3 is 16.0 Å². The van der Waals surface area contributed by atoms with Crippen LogP contribution in [0.4, 0.5) is 11.4 Å². The predicted molar refractivity (Wildman–Crippen MR) is 77.2 cm³/mol. The number of fused-ring (bicyclic) bond motifs is 1.